The summed E-state index contributed by atoms with van der Waals surface area (Å²) in [6.07, 6.45) is 6.56. The fourth-order valence-electron chi connectivity index (χ4n) is 1.96. The smallest absolute Gasteiger partial charge is 0.256 e. The zero-order chi connectivity index (χ0) is 13.0. The minimum atomic E-state index is -0.518. The third kappa shape index (κ3) is 2.29. The Balaban J connectivity index is 1.93. The molecule has 0 unspecified atom stereocenters. The summed E-state index contributed by atoms with van der Waals surface area (Å²) in [7, 11) is 0. The van der Waals surface area contributed by atoms with Crippen molar-refractivity contribution in [2.75, 3.05) is 6.54 Å². The average molecular weight is 241 g/mol. The van der Waals surface area contributed by atoms with E-state index in [0.717, 1.165) is 5.56 Å². The molecule has 0 bridgehead atoms. The number of ether oxygens (including phenoxy) is 1. The number of carbonyl (C=O) groups is 1. The predicted octanol–water partition coefficient (Wildman–Crippen LogP) is 1.60. The molecule has 2 rings (SSSR count). The van der Waals surface area contributed by atoms with Gasteiger partial charge in [0.2, 0.25) is 0 Å². The molecule has 0 aromatic heterocycles. The first kappa shape index (κ1) is 12.4. The van der Waals surface area contributed by atoms with E-state index in [1.165, 1.54) is 0 Å². The van der Waals surface area contributed by atoms with Gasteiger partial charge in [0.15, 0.2) is 6.10 Å². The second-order valence-electron chi connectivity index (χ2n) is 4.11. The van der Waals surface area contributed by atoms with Gasteiger partial charge in [0.25, 0.3) is 5.91 Å². The zero-order valence-corrected chi connectivity index (χ0v) is 10.1. The molecule has 1 aromatic carbocycles. The highest BCUT2D eigenvalue weighted by Gasteiger charge is 2.46. The molecule has 3 nitrogen and oxygen atoms in total. The van der Waals surface area contributed by atoms with Crippen molar-refractivity contribution in [1.82, 2.24) is 4.90 Å². The Labute approximate surface area is 107 Å². The number of β-lactam (4-membered cyclic amide) rings is 1. The molecule has 92 valence electrons. The van der Waals surface area contributed by atoms with Crippen LogP contribution >= 0.6 is 0 Å². The van der Waals surface area contributed by atoms with Crippen molar-refractivity contribution < 1.29 is 9.53 Å². The molecule has 3 heteroatoms. The van der Waals surface area contributed by atoms with Crippen LogP contribution < -0.4 is 0 Å². The van der Waals surface area contributed by atoms with Crippen molar-refractivity contribution in [1.29, 1.82) is 0 Å². The van der Waals surface area contributed by atoms with Gasteiger partial charge in [-0.3, -0.25) is 4.79 Å². The Hall–Kier alpha value is -2.05. The third-order valence-corrected chi connectivity index (χ3v) is 2.92. The van der Waals surface area contributed by atoms with Gasteiger partial charge >= 0.3 is 0 Å². The summed E-state index contributed by atoms with van der Waals surface area (Å²) in [6.45, 7) is 4.47. The summed E-state index contributed by atoms with van der Waals surface area (Å²) in [6, 6.07) is 9.44. The maximum Gasteiger partial charge on any atom is 0.256 e. The van der Waals surface area contributed by atoms with E-state index in [1.54, 1.807) is 11.0 Å². The van der Waals surface area contributed by atoms with E-state index in [1.807, 2.05) is 30.3 Å². The summed E-state index contributed by atoms with van der Waals surface area (Å²) in [4.78, 5) is 13.4. The minimum absolute atomic E-state index is 0.0613. The van der Waals surface area contributed by atoms with E-state index < -0.39 is 6.10 Å². The predicted molar refractivity (Wildman–Crippen MR) is 69.6 cm³/mol. The van der Waals surface area contributed by atoms with Crippen molar-refractivity contribution in [2.24, 2.45) is 0 Å². The molecular formula is C15H15NO2. The van der Waals surface area contributed by atoms with E-state index in [4.69, 9.17) is 11.2 Å². The number of terminal acetylenes is 1. The molecule has 0 aliphatic carbocycles. The zero-order valence-electron chi connectivity index (χ0n) is 10.1. The molecule has 0 spiro atoms. The number of likely N-dealkylation sites (tertiary alicyclic amines) is 1. The van der Waals surface area contributed by atoms with Crippen molar-refractivity contribution in [3.8, 4) is 12.3 Å². The van der Waals surface area contributed by atoms with Crippen molar-refractivity contribution in [2.45, 2.75) is 18.8 Å². The Bertz CT molecular complexity index is 475. The van der Waals surface area contributed by atoms with Crippen molar-refractivity contribution >= 4 is 5.91 Å². The van der Waals surface area contributed by atoms with Crippen LogP contribution in [0.4, 0.5) is 0 Å². The number of benzene rings is 1. The maximum absolute atomic E-state index is 11.8. The second kappa shape index (κ2) is 5.52. The molecule has 2 atom stereocenters. The van der Waals surface area contributed by atoms with Crippen LogP contribution in [0.25, 0.3) is 0 Å². The number of amides is 1. The summed E-state index contributed by atoms with van der Waals surface area (Å²) in [5.41, 5.74) is 1.03. The normalized spacial score (nSPS) is 22.2. The number of rotatable bonds is 5. The third-order valence-electron chi connectivity index (χ3n) is 2.92. The van der Waals surface area contributed by atoms with Crippen LogP contribution in [0.2, 0.25) is 0 Å². The molecule has 18 heavy (non-hydrogen) atoms. The largest absolute Gasteiger partial charge is 0.360 e. The molecule has 1 heterocycles. The van der Waals surface area contributed by atoms with E-state index >= 15 is 0 Å². The lowest BCUT2D eigenvalue weighted by molar-refractivity contribution is -0.168. The van der Waals surface area contributed by atoms with Crippen molar-refractivity contribution in [3.05, 3.63) is 48.6 Å². The van der Waals surface area contributed by atoms with Gasteiger partial charge in [-0.15, -0.1) is 13.0 Å². The number of carbonyl (C=O) groups excluding carboxylic acids is 1. The first-order valence-corrected chi connectivity index (χ1v) is 5.81. The van der Waals surface area contributed by atoms with Gasteiger partial charge in [-0.1, -0.05) is 42.3 Å². The van der Waals surface area contributed by atoms with E-state index in [2.05, 4.69) is 12.5 Å². The quantitative estimate of drug-likeness (QED) is 0.445. The fourth-order valence-corrected chi connectivity index (χ4v) is 1.96. The Morgan fingerprint density at radius 2 is 2.17 bits per heavy atom. The topological polar surface area (TPSA) is 29.5 Å². The van der Waals surface area contributed by atoms with Crippen molar-refractivity contribution in [3.63, 3.8) is 0 Å². The van der Waals surface area contributed by atoms with Gasteiger partial charge in [0.05, 0.1) is 6.61 Å². The Kier molecular flexibility index (Phi) is 3.81. The van der Waals surface area contributed by atoms with Crippen LogP contribution in [0.15, 0.2) is 43.0 Å². The summed E-state index contributed by atoms with van der Waals surface area (Å²) < 4.78 is 5.59. The fraction of sp³-hybridized carbons (Fsp3) is 0.267. The molecule has 0 radical (unpaired) electrons. The van der Waals surface area contributed by atoms with E-state index in [9.17, 15) is 4.79 Å². The molecule has 1 amide bonds. The van der Waals surface area contributed by atoms with E-state index in [-0.39, 0.29) is 11.9 Å². The molecule has 1 aliphatic heterocycles. The lowest BCUT2D eigenvalue weighted by atomic mass is 9.98. The molecule has 1 aliphatic rings. The second-order valence-corrected chi connectivity index (χ2v) is 4.11. The number of hydrogen-bond donors (Lipinski definition) is 0. The van der Waals surface area contributed by atoms with Crippen LogP contribution in [0, 0.1) is 12.3 Å². The van der Waals surface area contributed by atoms with Crippen LogP contribution in [0.5, 0.6) is 0 Å². The highest BCUT2D eigenvalue weighted by Crippen LogP contribution is 2.23. The lowest BCUT2D eigenvalue weighted by Gasteiger charge is -2.43. The van der Waals surface area contributed by atoms with E-state index in [0.29, 0.717) is 13.2 Å². The molecule has 1 fully saturated rings. The van der Waals surface area contributed by atoms with Gasteiger partial charge in [-0.25, -0.2) is 0 Å². The highest BCUT2D eigenvalue weighted by molar-refractivity contribution is 5.89. The number of nitrogens with zero attached hydrogens (tertiary/aromatic N) is 1. The van der Waals surface area contributed by atoms with Gasteiger partial charge < -0.3 is 9.64 Å². The minimum Gasteiger partial charge on any atom is -0.360 e. The van der Waals surface area contributed by atoms with Crippen LogP contribution in [0.3, 0.4) is 0 Å². The molecule has 1 aromatic rings. The summed E-state index contributed by atoms with van der Waals surface area (Å²) in [5.74, 6) is 2.52. The lowest BCUT2D eigenvalue weighted by Crippen LogP contribution is -2.64. The van der Waals surface area contributed by atoms with Gasteiger partial charge in [0, 0.05) is 6.54 Å². The monoisotopic (exact) mass is 241 g/mol. The molecule has 1 saturated heterocycles. The SMILES string of the molecule is C#C[C@@H]1[C@H](OCc2ccccc2)C(=O)N1CC=C. The summed E-state index contributed by atoms with van der Waals surface area (Å²) in [5, 5.41) is 0. The Morgan fingerprint density at radius 3 is 2.78 bits per heavy atom. The van der Waals surface area contributed by atoms with Gasteiger partial charge in [-0.05, 0) is 5.56 Å². The van der Waals surface area contributed by atoms with Gasteiger partial charge in [-0.2, -0.15) is 0 Å². The van der Waals surface area contributed by atoms with Crippen LogP contribution in [0.1, 0.15) is 5.56 Å². The van der Waals surface area contributed by atoms with Crippen LogP contribution in [-0.4, -0.2) is 29.5 Å². The maximum atomic E-state index is 11.8. The Morgan fingerprint density at radius 1 is 1.44 bits per heavy atom. The van der Waals surface area contributed by atoms with Gasteiger partial charge in [0.1, 0.15) is 6.04 Å². The first-order valence-electron chi connectivity index (χ1n) is 5.81. The average Bonchev–Trinajstić information content (AvgIpc) is 2.42. The summed E-state index contributed by atoms with van der Waals surface area (Å²) >= 11 is 0. The highest BCUT2D eigenvalue weighted by atomic mass is 16.5. The standard InChI is InChI=1S/C15H15NO2/c1-3-10-16-13(4-2)14(15(16)17)18-11-12-8-6-5-7-9-12/h2-3,5-9,13-14H,1,10-11H2/t13-,14+/m1/s1. The molecule has 0 N–H and O–H groups in total. The first-order chi connectivity index (χ1) is 8.77. The number of hydrogen-bond acceptors (Lipinski definition) is 2. The molecular weight excluding hydrogens is 226 g/mol. The molecule has 0 saturated carbocycles. The van der Waals surface area contributed by atoms with Crippen LogP contribution in [-0.2, 0) is 16.1 Å².